The van der Waals surface area contributed by atoms with Crippen molar-refractivity contribution in [2.24, 2.45) is 0 Å². The second-order valence-electron chi connectivity index (χ2n) is 6.62. The number of likely N-dealkylation sites (tertiary alicyclic amines) is 1. The van der Waals surface area contributed by atoms with E-state index in [9.17, 15) is 9.59 Å². The summed E-state index contributed by atoms with van der Waals surface area (Å²) in [5.41, 5.74) is 3.42. The molecule has 1 atom stereocenters. The number of nitrogens with zero attached hydrogens (tertiary/aromatic N) is 2. The molecule has 2 aromatic carbocycles. The van der Waals surface area contributed by atoms with Crippen LogP contribution in [0.5, 0.6) is 0 Å². The average Bonchev–Trinajstić information content (AvgIpc) is 3.07. The lowest BCUT2D eigenvalue weighted by Crippen LogP contribution is -2.46. The van der Waals surface area contributed by atoms with Gasteiger partial charge in [-0.05, 0) is 30.0 Å². The average molecular weight is 336 g/mol. The first-order valence-electron chi connectivity index (χ1n) is 8.75. The fourth-order valence-corrected chi connectivity index (χ4v) is 3.32. The number of hydrogen-bond donors (Lipinski definition) is 0. The van der Waals surface area contributed by atoms with Gasteiger partial charge in [-0.2, -0.15) is 0 Å². The minimum absolute atomic E-state index is 0.0117. The van der Waals surface area contributed by atoms with Crippen molar-refractivity contribution in [1.82, 2.24) is 9.80 Å². The minimum Gasteiger partial charge on any atom is -0.340 e. The molecule has 0 aromatic heterocycles. The van der Waals surface area contributed by atoms with Crippen molar-refractivity contribution in [3.05, 3.63) is 60.2 Å². The molecule has 0 radical (unpaired) electrons. The Morgan fingerprint density at radius 2 is 1.72 bits per heavy atom. The molecule has 3 rings (SSSR count). The van der Waals surface area contributed by atoms with E-state index in [-0.39, 0.29) is 17.9 Å². The fraction of sp³-hybridized carbons (Fsp3) is 0.333. The zero-order chi connectivity index (χ0) is 17.8. The van der Waals surface area contributed by atoms with Crippen LogP contribution in [0.3, 0.4) is 0 Å². The third-order valence-corrected chi connectivity index (χ3v) is 4.79. The lowest BCUT2D eigenvalue weighted by molar-refractivity contribution is -0.142. The molecule has 0 aliphatic carbocycles. The van der Waals surface area contributed by atoms with Crippen LogP contribution < -0.4 is 0 Å². The largest absolute Gasteiger partial charge is 0.340 e. The van der Waals surface area contributed by atoms with Gasteiger partial charge in [-0.3, -0.25) is 9.59 Å². The molecule has 4 nitrogen and oxygen atoms in total. The van der Waals surface area contributed by atoms with Gasteiger partial charge in [0.05, 0.1) is 0 Å². The van der Waals surface area contributed by atoms with Crippen molar-refractivity contribution in [3.63, 3.8) is 0 Å². The van der Waals surface area contributed by atoms with Crippen molar-refractivity contribution in [3.8, 4) is 11.1 Å². The van der Waals surface area contributed by atoms with Crippen molar-refractivity contribution in [2.45, 2.75) is 32.4 Å². The molecule has 4 heteroatoms. The van der Waals surface area contributed by atoms with Gasteiger partial charge in [-0.25, -0.2) is 0 Å². The number of hydrogen-bond acceptors (Lipinski definition) is 2. The molecule has 1 aliphatic rings. The summed E-state index contributed by atoms with van der Waals surface area (Å²) in [6.45, 7) is 3.05. The number of carbonyl (C=O) groups is 2. The molecule has 1 aliphatic heterocycles. The first-order valence-corrected chi connectivity index (χ1v) is 8.75. The van der Waals surface area contributed by atoms with Gasteiger partial charge in [0.2, 0.25) is 11.8 Å². The van der Waals surface area contributed by atoms with Crippen molar-refractivity contribution in [2.75, 3.05) is 13.6 Å². The Morgan fingerprint density at radius 1 is 1.08 bits per heavy atom. The third-order valence-electron chi connectivity index (χ3n) is 4.79. The molecule has 0 saturated carbocycles. The maximum absolute atomic E-state index is 12.6. The van der Waals surface area contributed by atoms with Gasteiger partial charge in [0.15, 0.2) is 0 Å². The van der Waals surface area contributed by atoms with E-state index in [2.05, 4.69) is 36.4 Å². The summed E-state index contributed by atoms with van der Waals surface area (Å²) in [7, 11) is 1.80. The Kier molecular flexibility index (Phi) is 5.17. The molecule has 0 N–H and O–H groups in total. The summed E-state index contributed by atoms with van der Waals surface area (Å²) in [6.07, 6.45) is 1.41. The number of rotatable bonds is 5. The zero-order valence-corrected chi connectivity index (χ0v) is 14.8. The molecule has 1 unspecified atom stereocenters. The van der Waals surface area contributed by atoms with E-state index in [0.29, 0.717) is 19.5 Å². The first-order chi connectivity index (χ1) is 12.1. The van der Waals surface area contributed by atoms with Crippen LogP contribution in [0.2, 0.25) is 0 Å². The predicted molar refractivity (Wildman–Crippen MR) is 98.8 cm³/mol. The van der Waals surface area contributed by atoms with Crippen LogP contribution in [-0.4, -0.2) is 41.2 Å². The van der Waals surface area contributed by atoms with Crippen LogP contribution in [0.25, 0.3) is 11.1 Å². The van der Waals surface area contributed by atoms with Crippen molar-refractivity contribution in [1.29, 1.82) is 0 Å². The van der Waals surface area contributed by atoms with Crippen molar-refractivity contribution < 1.29 is 9.59 Å². The molecule has 1 heterocycles. The maximum Gasteiger partial charge on any atom is 0.245 e. The monoisotopic (exact) mass is 336 g/mol. The van der Waals surface area contributed by atoms with Crippen LogP contribution in [-0.2, 0) is 16.1 Å². The van der Waals surface area contributed by atoms with Crippen LogP contribution >= 0.6 is 0 Å². The summed E-state index contributed by atoms with van der Waals surface area (Å²) >= 11 is 0. The Bertz CT molecular complexity index is 740. The first kappa shape index (κ1) is 17.2. The van der Waals surface area contributed by atoms with Crippen LogP contribution in [0.1, 0.15) is 25.3 Å². The highest BCUT2D eigenvalue weighted by Crippen LogP contribution is 2.20. The third kappa shape index (κ3) is 3.90. The zero-order valence-electron chi connectivity index (χ0n) is 14.8. The van der Waals surface area contributed by atoms with Crippen LogP contribution in [0, 0.1) is 0 Å². The Labute approximate surface area is 149 Å². The summed E-state index contributed by atoms with van der Waals surface area (Å²) in [6, 6.07) is 18.1. The summed E-state index contributed by atoms with van der Waals surface area (Å²) < 4.78 is 0. The van der Waals surface area contributed by atoms with Gasteiger partial charge in [0, 0.05) is 26.6 Å². The van der Waals surface area contributed by atoms with E-state index in [0.717, 1.165) is 17.5 Å². The lowest BCUT2D eigenvalue weighted by Gasteiger charge is -2.28. The van der Waals surface area contributed by atoms with E-state index in [1.54, 1.807) is 16.8 Å². The van der Waals surface area contributed by atoms with Gasteiger partial charge in [0.25, 0.3) is 0 Å². The molecule has 1 saturated heterocycles. The second kappa shape index (κ2) is 7.51. The number of carbonyl (C=O) groups excluding carboxylic acids is 2. The van der Waals surface area contributed by atoms with Gasteiger partial charge in [-0.15, -0.1) is 0 Å². The maximum atomic E-state index is 12.6. The molecule has 2 amide bonds. The highest BCUT2D eigenvalue weighted by Gasteiger charge is 2.30. The van der Waals surface area contributed by atoms with Crippen LogP contribution in [0.15, 0.2) is 54.6 Å². The highest BCUT2D eigenvalue weighted by molar-refractivity contribution is 5.88. The lowest BCUT2D eigenvalue weighted by atomic mass is 10.0. The van der Waals surface area contributed by atoms with Crippen LogP contribution in [0.4, 0.5) is 0 Å². The highest BCUT2D eigenvalue weighted by atomic mass is 16.2. The summed E-state index contributed by atoms with van der Waals surface area (Å²) in [5.74, 6) is 0.0730. The van der Waals surface area contributed by atoms with Gasteiger partial charge in [-0.1, -0.05) is 54.6 Å². The second-order valence-corrected chi connectivity index (χ2v) is 6.62. The van der Waals surface area contributed by atoms with E-state index < -0.39 is 0 Å². The van der Waals surface area contributed by atoms with E-state index >= 15 is 0 Å². The standard InChI is InChI=1S/C21H24N2O2/c1-16(23-14-6-9-20(23)24)21(25)22(2)15-17-10-12-19(13-11-17)18-7-4-3-5-8-18/h3-5,7-8,10-13,16H,6,9,14-15H2,1-2H3. The summed E-state index contributed by atoms with van der Waals surface area (Å²) in [4.78, 5) is 27.8. The Balaban J connectivity index is 1.63. The SMILES string of the molecule is CC(C(=O)N(C)Cc1ccc(-c2ccccc2)cc1)N1CCCC1=O. The molecular formula is C21H24N2O2. The van der Waals surface area contributed by atoms with Gasteiger partial charge in [0.1, 0.15) is 6.04 Å². The molecule has 0 spiro atoms. The quantitative estimate of drug-likeness (QED) is 0.840. The summed E-state index contributed by atoms with van der Waals surface area (Å²) in [5, 5.41) is 0. The molecule has 1 fully saturated rings. The molecule has 2 aromatic rings. The topological polar surface area (TPSA) is 40.6 Å². The number of likely N-dealkylation sites (N-methyl/N-ethyl adjacent to an activating group) is 1. The van der Waals surface area contributed by atoms with E-state index in [1.807, 2.05) is 25.1 Å². The fourth-order valence-electron chi connectivity index (χ4n) is 3.32. The van der Waals surface area contributed by atoms with Crippen molar-refractivity contribution >= 4 is 11.8 Å². The number of amides is 2. The minimum atomic E-state index is -0.386. The molecule has 0 bridgehead atoms. The predicted octanol–water partition coefficient (Wildman–Crippen LogP) is 3.32. The molecule has 25 heavy (non-hydrogen) atoms. The van der Waals surface area contributed by atoms with E-state index in [4.69, 9.17) is 0 Å². The van der Waals surface area contributed by atoms with E-state index in [1.165, 1.54) is 5.56 Å². The molecular weight excluding hydrogens is 312 g/mol. The van der Waals surface area contributed by atoms with Gasteiger partial charge < -0.3 is 9.80 Å². The Morgan fingerprint density at radius 3 is 2.32 bits per heavy atom. The Hall–Kier alpha value is -2.62. The molecule has 130 valence electrons. The number of benzene rings is 2. The normalized spacial score (nSPS) is 15.3. The smallest absolute Gasteiger partial charge is 0.245 e. The van der Waals surface area contributed by atoms with Gasteiger partial charge >= 0.3 is 0 Å².